The molecule has 1 aliphatic rings. The lowest BCUT2D eigenvalue weighted by Crippen LogP contribution is -2.23. The Morgan fingerprint density at radius 2 is 1.82 bits per heavy atom. The topological polar surface area (TPSA) is 32.3 Å². The van der Waals surface area contributed by atoms with Crippen molar-refractivity contribution in [1.82, 2.24) is 0 Å². The molecule has 2 aromatic carbocycles. The molecule has 22 heavy (non-hydrogen) atoms. The summed E-state index contributed by atoms with van der Waals surface area (Å²) in [5.74, 6) is 0.164. The molecular weight excluding hydrogens is 408 g/mol. The molecule has 0 radical (unpaired) electrons. The van der Waals surface area contributed by atoms with Gasteiger partial charge in [0.25, 0.3) is 0 Å². The molecular formula is C17H16Br2N2O. The summed E-state index contributed by atoms with van der Waals surface area (Å²) < 4.78 is 1.81. The Labute approximate surface area is 147 Å². The second-order valence-corrected chi connectivity index (χ2v) is 7.39. The lowest BCUT2D eigenvalue weighted by molar-refractivity contribution is 0.0972. The summed E-state index contributed by atoms with van der Waals surface area (Å²) in [6, 6.07) is 12.2. The normalized spacial score (nSPS) is 16.9. The van der Waals surface area contributed by atoms with Gasteiger partial charge in [-0.2, -0.15) is 0 Å². The maximum atomic E-state index is 12.5. The second kappa shape index (κ2) is 6.05. The molecule has 1 unspecified atom stereocenters. The molecule has 0 saturated carbocycles. The van der Waals surface area contributed by atoms with E-state index in [1.807, 2.05) is 26.2 Å². The zero-order chi connectivity index (χ0) is 15.9. The van der Waals surface area contributed by atoms with Gasteiger partial charge >= 0.3 is 0 Å². The molecule has 3 rings (SSSR count). The molecule has 1 atom stereocenters. The number of halogens is 2. The first-order chi connectivity index (χ1) is 10.5. The lowest BCUT2D eigenvalue weighted by Gasteiger charge is -2.28. The largest absolute Gasteiger partial charge is 0.378 e. The van der Waals surface area contributed by atoms with Crippen LogP contribution in [0.15, 0.2) is 45.3 Å². The Bertz CT molecular complexity index is 726. The van der Waals surface area contributed by atoms with Crippen LogP contribution in [-0.4, -0.2) is 19.9 Å². The van der Waals surface area contributed by atoms with Crippen LogP contribution in [-0.2, 0) is 0 Å². The smallest absolute Gasteiger partial charge is 0.167 e. The van der Waals surface area contributed by atoms with Crippen LogP contribution in [0.2, 0.25) is 0 Å². The van der Waals surface area contributed by atoms with Crippen molar-refractivity contribution in [2.75, 3.05) is 24.3 Å². The fourth-order valence-electron chi connectivity index (χ4n) is 2.67. The molecule has 0 saturated heterocycles. The third kappa shape index (κ3) is 2.92. The minimum atomic E-state index is 0.00804. The highest BCUT2D eigenvalue weighted by molar-refractivity contribution is 9.11. The first kappa shape index (κ1) is 15.6. The standard InChI is InChI=1S/C17H16Br2N2O/c1-21(2)12-5-3-10(4-6-12)15-9-16(22)13-7-11(18)8-14(19)17(13)20-15/h3-8,15,20H,9H2,1-2H3. The van der Waals surface area contributed by atoms with Crippen molar-refractivity contribution >= 4 is 49.0 Å². The van der Waals surface area contributed by atoms with Crippen molar-refractivity contribution < 1.29 is 4.79 Å². The van der Waals surface area contributed by atoms with Crippen molar-refractivity contribution in [3.05, 3.63) is 56.5 Å². The van der Waals surface area contributed by atoms with Gasteiger partial charge in [0.1, 0.15) is 0 Å². The lowest BCUT2D eigenvalue weighted by atomic mass is 9.92. The number of carbonyl (C=O) groups excluding carboxylic acids is 1. The molecule has 1 heterocycles. The summed E-state index contributed by atoms with van der Waals surface area (Å²) in [5.41, 5.74) is 3.89. The number of rotatable bonds is 2. The number of nitrogens with one attached hydrogen (secondary N) is 1. The zero-order valence-electron chi connectivity index (χ0n) is 12.4. The Morgan fingerprint density at radius 3 is 2.45 bits per heavy atom. The Hall–Kier alpha value is -1.33. The predicted octanol–water partition coefficient (Wildman–Crippen LogP) is 5.02. The quantitative estimate of drug-likeness (QED) is 0.736. The van der Waals surface area contributed by atoms with Crippen molar-refractivity contribution in [3.63, 3.8) is 0 Å². The van der Waals surface area contributed by atoms with Crippen molar-refractivity contribution in [2.24, 2.45) is 0 Å². The first-order valence-electron chi connectivity index (χ1n) is 7.02. The molecule has 3 nitrogen and oxygen atoms in total. The Balaban J connectivity index is 1.93. The maximum absolute atomic E-state index is 12.5. The molecule has 0 bridgehead atoms. The number of anilines is 2. The monoisotopic (exact) mass is 422 g/mol. The third-order valence-electron chi connectivity index (χ3n) is 3.88. The summed E-state index contributed by atoms with van der Waals surface area (Å²) >= 11 is 6.98. The molecule has 1 N–H and O–H groups in total. The summed E-state index contributed by atoms with van der Waals surface area (Å²) in [6.07, 6.45) is 0.469. The number of ketones is 1. The highest BCUT2D eigenvalue weighted by Crippen LogP contribution is 2.39. The highest BCUT2D eigenvalue weighted by Gasteiger charge is 2.27. The number of fused-ring (bicyclic) bond motifs is 1. The minimum Gasteiger partial charge on any atom is -0.378 e. The average Bonchev–Trinajstić information content (AvgIpc) is 2.48. The van der Waals surface area contributed by atoms with E-state index in [4.69, 9.17) is 0 Å². The van der Waals surface area contributed by atoms with Gasteiger partial charge in [-0.25, -0.2) is 0 Å². The SMILES string of the molecule is CN(C)c1ccc(C2CC(=O)c3cc(Br)cc(Br)c3N2)cc1. The first-order valence-corrected chi connectivity index (χ1v) is 8.60. The number of carbonyl (C=O) groups is 1. The molecule has 0 fully saturated rings. The van der Waals surface area contributed by atoms with Crippen LogP contribution >= 0.6 is 31.9 Å². The molecule has 0 amide bonds. The van der Waals surface area contributed by atoms with E-state index in [0.29, 0.717) is 6.42 Å². The van der Waals surface area contributed by atoms with Crippen LogP contribution < -0.4 is 10.2 Å². The fraction of sp³-hybridized carbons (Fsp3) is 0.235. The molecule has 2 aromatic rings. The van der Waals surface area contributed by atoms with Gasteiger partial charge in [-0.3, -0.25) is 4.79 Å². The van der Waals surface area contributed by atoms with E-state index in [1.54, 1.807) is 0 Å². The summed E-state index contributed by atoms with van der Waals surface area (Å²) in [7, 11) is 4.03. The number of hydrogen-bond donors (Lipinski definition) is 1. The van der Waals surface area contributed by atoms with Crippen LogP contribution in [0.3, 0.4) is 0 Å². The number of Topliss-reactive ketones (excluding diaryl/α,β-unsaturated/α-hetero) is 1. The van der Waals surface area contributed by atoms with Gasteiger partial charge in [0.2, 0.25) is 0 Å². The Kier molecular flexibility index (Phi) is 4.28. The summed E-state index contributed by atoms with van der Waals surface area (Å²) in [6.45, 7) is 0. The maximum Gasteiger partial charge on any atom is 0.167 e. The van der Waals surface area contributed by atoms with Gasteiger partial charge in [-0.1, -0.05) is 28.1 Å². The van der Waals surface area contributed by atoms with E-state index in [2.05, 4.69) is 66.3 Å². The molecule has 114 valence electrons. The van der Waals surface area contributed by atoms with Gasteiger partial charge in [-0.15, -0.1) is 0 Å². The van der Waals surface area contributed by atoms with Gasteiger partial charge in [0.05, 0.1) is 11.7 Å². The van der Waals surface area contributed by atoms with Gasteiger partial charge in [-0.05, 0) is 45.8 Å². The predicted molar refractivity (Wildman–Crippen MR) is 97.9 cm³/mol. The number of nitrogens with zero attached hydrogens (tertiary/aromatic N) is 1. The zero-order valence-corrected chi connectivity index (χ0v) is 15.5. The summed E-state index contributed by atoms with van der Waals surface area (Å²) in [4.78, 5) is 14.5. The number of benzene rings is 2. The van der Waals surface area contributed by atoms with E-state index < -0.39 is 0 Å². The molecule has 5 heteroatoms. The van der Waals surface area contributed by atoms with E-state index in [9.17, 15) is 4.79 Å². The third-order valence-corrected chi connectivity index (χ3v) is 4.96. The van der Waals surface area contributed by atoms with Gasteiger partial charge in [0, 0.05) is 40.7 Å². The second-order valence-electron chi connectivity index (χ2n) is 5.62. The van der Waals surface area contributed by atoms with Crippen molar-refractivity contribution in [2.45, 2.75) is 12.5 Å². The number of hydrogen-bond acceptors (Lipinski definition) is 3. The highest BCUT2D eigenvalue weighted by atomic mass is 79.9. The van der Waals surface area contributed by atoms with Crippen molar-refractivity contribution in [3.8, 4) is 0 Å². The minimum absolute atomic E-state index is 0.00804. The van der Waals surface area contributed by atoms with Crippen molar-refractivity contribution in [1.29, 1.82) is 0 Å². The van der Waals surface area contributed by atoms with E-state index in [-0.39, 0.29) is 11.8 Å². The van der Waals surface area contributed by atoms with Crippen LogP contribution in [0.25, 0.3) is 0 Å². The molecule has 0 spiro atoms. The molecule has 0 aromatic heterocycles. The fourth-order valence-corrected chi connectivity index (χ4v) is 4.01. The van der Waals surface area contributed by atoms with E-state index >= 15 is 0 Å². The average molecular weight is 424 g/mol. The van der Waals surface area contributed by atoms with Crippen LogP contribution in [0.1, 0.15) is 28.4 Å². The van der Waals surface area contributed by atoms with Gasteiger partial charge < -0.3 is 10.2 Å². The van der Waals surface area contributed by atoms with Crippen LogP contribution in [0, 0.1) is 0 Å². The van der Waals surface area contributed by atoms with Gasteiger partial charge in [0.15, 0.2) is 5.78 Å². The van der Waals surface area contributed by atoms with Crippen LogP contribution in [0.4, 0.5) is 11.4 Å². The molecule has 1 aliphatic heterocycles. The van der Waals surface area contributed by atoms with Crippen LogP contribution in [0.5, 0.6) is 0 Å². The Morgan fingerprint density at radius 1 is 1.14 bits per heavy atom. The summed E-state index contributed by atoms with van der Waals surface area (Å²) in [5, 5.41) is 3.49. The van der Waals surface area contributed by atoms with E-state index in [0.717, 1.165) is 31.4 Å². The molecule has 0 aliphatic carbocycles. The van der Waals surface area contributed by atoms with E-state index in [1.165, 1.54) is 0 Å².